The Hall–Kier alpha value is -3.03. The highest BCUT2D eigenvalue weighted by atomic mass is 16.5. The highest BCUT2D eigenvalue weighted by Gasteiger charge is 2.34. The van der Waals surface area contributed by atoms with Crippen LogP contribution in [0.25, 0.3) is 0 Å². The van der Waals surface area contributed by atoms with Gasteiger partial charge in [0, 0.05) is 13.2 Å². The molecule has 0 aliphatic carbocycles. The third-order valence-corrected chi connectivity index (χ3v) is 3.84. The van der Waals surface area contributed by atoms with Gasteiger partial charge >= 0.3 is 5.69 Å². The number of rotatable bonds is 4. The Bertz CT molecular complexity index is 880. The first-order valence-corrected chi connectivity index (χ1v) is 7.38. The number of carbonyl (C=O) groups is 1. The average molecular weight is 331 g/mol. The summed E-state index contributed by atoms with van der Waals surface area (Å²) in [6.45, 7) is 0.721. The van der Waals surface area contributed by atoms with Gasteiger partial charge in [-0.1, -0.05) is 12.1 Å². The molecule has 1 amide bonds. The molecule has 1 aromatic carbocycles. The number of para-hydroxylation sites is 2. The highest BCUT2D eigenvalue weighted by Crippen LogP contribution is 2.28. The topological polar surface area (TPSA) is 93.6 Å². The third kappa shape index (κ3) is 2.90. The first-order valence-electron chi connectivity index (χ1n) is 7.38. The molecule has 1 N–H and O–H groups in total. The molecule has 3 rings (SSSR count). The predicted molar refractivity (Wildman–Crippen MR) is 85.6 cm³/mol. The van der Waals surface area contributed by atoms with Crippen LogP contribution in [0.15, 0.2) is 40.1 Å². The van der Waals surface area contributed by atoms with Crippen molar-refractivity contribution in [2.24, 2.45) is 7.05 Å². The number of nitrogens with zero attached hydrogens (tertiary/aromatic N) is 2. The second-order valence-corrected chi connectivity index (χ2v) is 5.51. The Labute approximate surface area is 137 Å². The van der Waals surface area contributed by atoms with Crippen molar-refractivity contribution in [3.63, 3.8) is 0 Å². The van der Waals surface area contributed by atoms with E-state index in [1.807, 2.05) is 12.1 Å². The van der Waals surface area contributed by atoms with Gasteiger partial charge < -0.3 is 18.9 Å². The number of ether oxygens (including phenoxy) is 2. The number of likely N-dealkylation sites (tertiary alicyclic amines) is 1. The molecule has 8 heteroatoms. The van der Waals surface area contributed by atoms with Gasteiger partial charge in [0.2, 0.25) is 0 Å². The maximum atomic E-state index is 12.3. The van der Waals surface area contributed by atoms with Crippen molar-refractivity contribution in [2.45, 2.75) is 6.10 Å². The summed E-state index contributed by atoms with van der Waals surface area (Å²) in [5, 5.41) is 0. The summed E-state index contributed by atoms with van der Waals surface area (Å²) in [6, 6.07) is 7.26. The van der Waals surface area contributed by atoms with Crippen LogP contribution in [-0.4, -0.2) is 46.7 Å². The molecule has 0 spiro atoms. The van der Waals surface area contributed by atoms with E-state index in [0.29, 0.717) is 24.6 Å². The first kappa shape index (κ1) is 15.9. The highest BCUT2D eigenvalue weighted by molar-refractivity contribution is 5.94. The van der Waals surface area contributed by atoms with Gasteiger partial charge in [0.1, 0.15) is 11.7 Å². The van der Waals surface area contributed by atoms with E-state index in [-0.39, 0.29) is 11.7 Å². The molecule has 0 atom stereocenters. The summed E-state index contributed by atoms with van der Waals surface area (Å²) in [5.41, 5.74) is -1.30. The van der Waals surface area contributed by atoms with E-state index in [4.69, 9.17) is 9.47 Å². The molecular formula is C16H17N3O5. The number of carbonyl (C=O) groups excluding carboxylic acids is 1. The van der Waals surface area contributed by atoms with E-state index in [0.717, 1.165) is 4.57 Å². The van der Waals surface area contributed by atoms with Crippen molar-refractivity contribution >= 4 is 5.91 Å². The molecule has 1 saturated heterocycles. The van der Waals surface area contributed by atoms with Gasteiger partial charge in [-0.05, 0) is 12.1 Å². The summed E-state index contributed by atoms with van der Waals surface area (Å²) in [4.78, 5) is 39.1. The number of methoxy groups -OCH3 is 1. The van der Waals surface area contributed by atoms with Crippen LogP contribution in [-0.2, 0) is 7.05 Å². The van der Waals surface area contributed by atoms with Crippen LogP contribution in [0, 0.1) is 0 Å². The molecule has 0 bridgehead atoms. The van der Waals surface area contributed by atoms with Crippen LogP contribution in [0.4, 0.5) is 0 Å². The fourth-order valence-corrected chi connectivity index (χ4v) is 2.46. The number of hydrogen-bond donors (Lipinski definition) is 1. The molecule has 1 fully saturated rings. The fourth-order valence-electron chi connectivity index (χ4n) is 2.46. The lowest BCUT2D eigenvalue weighted by Gasteiger charge is -2.38. The van der Waals surface area contributed by atoms with E-state index >= 15 is 0 Å². The summed E-state index contributed by atoms with van der Waals surface area (Å²) in [5.74, 6) is 0.806. The number of H-pyrrole nitrogens is 1. The molecule has 0 unspecified atom stereocenters. The van der Waals surface area contributed by atoms with E-state index in [1.54, 1.807) is 19.2 Å². The lowest BCUT2D eigenvalue weighted by Crippen LogP contribution is -2.57. The minimum atomic E-state index is -0.683. The Morgan fingerprint density at radius 1 is 1.21 bits per heavy atom. The van der Waals surface area contributed by atoms with Crippen molar-refractivity contribution in [3.05, 3.63) is 56.9 Å². The van der Waals surface area contributed by atoms with Gasteiger partial charge in [0.05, 0.1) is 20.2 Å². The van der Waals surface area contributed by atoms with Crippen LogP contribution in [0.3, 0.4) is 0 Å². The quantitative estimate of drug-likeness (QED) is 0.850. The molecule has 1 aromatic heterocycles. The predicted octanol–water partition coefficient (Wildman–Crippen LogP) is -0.0144. The molecule has 2 heterocycles. The second-order valence-electron chi connectivity index (χ2n) is 5.51. The van der Waals surface area contributed by atoms with E-state index in [2.05, 4.69) is 4.98 Å². The zero-order chi connectivity index (χ0) is 17.3. The fraction of sp³-hybridized carbons (Fsp3) is 0.312. The van der Waals surface area contributed by atoms with Gasteiger partial charge in [0.15, 0.2) is 11.5 Å². The van der Waals surface area contributed by atoms with E-state index in [1.165, 1.54) is 18.1 Å². The Kier molecular flexibility index (Phi) is 4.11. The lowest BCUT2D eigenvalue weighted by atomic mass is 10.1. The molecule has 0 radical (unpaired) electrons. The van der Waals surface area contributed by atoms with Crippen molar-refractivity contribution in [1.82, 2.24) is 14.5 Å². The zero-order valence-corrected chi connectivity index (χ0v) is 13.3. The number of nitrogens with one attached hydrogen (secondary N) is 1. The SMILES string of the molecule is COc1ccccc1OC1CN(C(=O)c2cn(C)c(=O)[nH]c2=O)C1. The maximum absolute atomic E-state index is 12.3. The number of aryl methyl sites for hydroxylation is 1. The van der Waals surface area contributed by atoms with Crippen LogP contribution in [0.1, 0.15) is 10.4 Å². The van der Waals surface area contributed by atoms with E-state index < -0.39 is 17.2 Å². The molecule has 0 saturated carbocycles. The van der Waals surface area contributed by atoms with Gasteiger partial charge in [-0.2, -0.15) is 0 Å². The van der Waals surface area contributed by atoms with Crippen LogP contribution in [0.2, 0.25) is 0 Å². The van der Waals surface area contributed by atoms with Crippen molar-refractivity contribution in [1.29, 1.82) is 0 Å². The summed E-state index contributed by atoms with van der Waals surface area (Å²) in [7, 11) is 3.03. The zero-order valence-electron chi connectivity index (χ0n) is 13.3. The Balaban J connectivity index is 1.66. The number of hydrogen-bond acceptors (Lipinski definition) is 5. The summed E-state index contributed by atoms with van der Waals surface area (Å²) >= 11 is 0. The van der Waals surface area contributed by atoms with E-state index in [9.17, 15) is 14.4 Å². The number of aromatic amines is 1. The molecule has 8 nitrogen and oxygen atoms in total. The Morgan fingerprint density at radius 3 is 2.54 bits per heavy atom. The van der Waals surface area contributed by atoms with Crippen LogP contribution >= 0.6 is 0 Å². The number of benzene rings is 1. The normalized spacial score (nSPS) is 14.2. The van der Waals surface area contributed by atoms with Gasteiger partial charge in [-0.15, -0.1) is 0 Å². The largest absolute Gasteiger partial charge is 0.493 e. The Morgan fingerprint density at radius 2 is 1.88 bits per heavy atom. The van der Waals surface area contributed by atoms with Crippen molar-refractivity contribution < 1.29 is 14.3 Å². The molecular weight excluding hydrogens is 314 g/mol. The lowest BCUT2D eigenvalue weighted by molar-refractivity contribution is 0.0166. The molecule has 2 aromatic rings. The summed E-state index contributed by atoms with van der Waals surface area (Å²) in [6.07, 6.45) is 1.08. The van der Waals surface area contributed by atoms with Gasteiger partial charge in [-0.3, -0.25) is 14.6 Å². The number of aromatic nitrogens is 2. The van der Waals surface area contributed by atoms with Crippen molar-refractivity contribution in [3.8, 4) is 11.5 Å². The van der Waals surface area contributed by atoms with Crippen molar-refractivity contribution in [2.75, 3.05) is 20.2 Å². The smallest absolute Gasteiger partial charge is 0.328 e. The average Bonchev–Trinajstić information content (AvgIpc) is 2.53. The molecule has 24 heavy (non-hydrogen) atoms. The summed E-state index contributed by atoms with van der Waals surface area (Å²) < 4.78 is 12.2. The van der Waals surface area contributed by atoms with Gasteiger partial charge in [-0.25, -0.2) is 4.79 Å². The standard InChI is InChI=1S/C16H17N3O5/c1-18-9-11(14(20)17-16(18)22)15(21)19-7-10(8-19)24-13-6-4-3-5-12(13)23-2/h3-6,9-10H,7-8H2,1-2H3,(H,17,20,22). The van der Waals surface area contributed by atoms with Crippen LogP contribution < -0.4 is 20.7 Å². The molecule has 1 aliphatic rings. The van der Waals surface area contributed by atoms with Crippen LogP contribution in [0.5, 0.6) is 11.5 Å². The molecule has 126 valence electrons. The maximum Gasteiger partial charge on any atom is 0.328 e. The minimum Gasteiger partial charge on any atom is -0.493 e. The monoisotopic (exact) mass is 331 g/mol. The molecule has 1 aliphatic heterocycles. The first-order chi connectivity index (χ1) is 11.5. The minimum absolute atomic E-state index is 0.0622. The van der Waals surface area contributed by atoms with Gasteiger partial charge in [0.25, 0.3) is 11.5 Å². The number of amides is 1. The second kappa shape index (κ2) is 6.23. The third-order valence-electron chi connectivity index (χ3n) is 3.84.